The predicted molar refractivity (Wildman–Crippen MR) is 102 cm³/mol. The highest BCUT2D eigenvalue weighted by molar-refractivity contribution is 5.95. The average Bonchev–Trinajstić information content (AvgIpc) is 3.16. The number of hydrogen-bond donors (Lipinski definition) is 3. The lowest BCUT2D eigenvalue weighted by Crippen LogP contribution is -2.35. The molecule has 1 aliphatic rings. The minimum Gasteiger partial charge on any atom is -0.350 e. The highest BCUT2D eigenvalue weighted by Crippen LogP contribution is 2.15. The molecule has 0 aliphatic carbocycles. The van der Waals surface area contributed by atoms with Crippen LogP contribution < -0.4 is 16.0 Å². The summed E-state index contributed by atoms with van der Waals surface area (Å²) < 4.78 is 28.8. The first-order valence-electron chi connectivity index (χ1n) is 8.82. The molecular formula is C18H22ClF2N5O2. The highest BCUT2D eigenvalue weighted by atomic mass is 35.5. The van der Waals surface area contributed by atoms with E-state index in [1.165, 1.54) is 6.07 Å². The molecule has 0 radical (unpaired) electrons. The van der Waals surface area contributed by atoms with Crippen molar-refractivity contribution >= 4 is 24.2 Å². The molecule has 1 aromatic heterocycles. The van der Waals surface area contributed by atoms with Crippen LogP contribution in [0.4, 0.5) is 8.78 Å². The van der Waals surface area contributed by atoms with E-state index in [1.54, 1.807) is 16.9 Å². The largest absolute Gasteiger partial charge is 0.350 e. The summed E-state index contributed by atoms with van der Waals surface area (Å²) in [7, 11) is 0. The van der Waals surface area contributed by atoms with Crippen molar-refractivity contribution in [3.05, 3.63) is 53.4 Å². The molecule has 1 atom stereocenters. The summed E-state index contributed by atoms with van der Waals surface area (Å²) in [5, 5.41) is 12.6. The van der Waals surface area contributed by atoms with Gasteiger partial charge in [0.25, 0.3) is 11.8 Å². The number of amides is 2. The van der Waals surface area contributed by atoms with Crippen LogP contribution in [0.5, 0.6) is 0 Å². The molecule has 1 fully saturated rings. The Morgan fingerprint density at radius 1 is 1.14 bits per heavy atom. The second-order valence-electron chi connectivity index (χ2n) is 6.29. The molecule has 2 aromatic rings. The van der Waals surface area contributed by atoms with E-state index in [2.05, 4.69) is 21.0 Å². The van der Waals surface area contributed by atoms with Gasteiger partial charge in [-0.3, -0.25) is 14.3 Å². The molecule has 28 heavy (non-hydrogen) atoms. The lowest BCUT2D eigenvalue weighted by atomic mass is 10.1. The second-order valence-corrected chi connectivity index (χ2v) is 6.29. The number of carbonyl (C=O) groups is 2. The third kappa shape index (κ3) is 5.26. The van der Waals surface area contributed by atoms with Crippen LogP contribution in [0.2, 0.25) is 0 Å². The Morgan fingerprint density at radius 2 is 1.82 bits per heavy atom. The van der Waals surface area contributed by atoms with Crippen LogP contribution in [0, 0.1) is 11.6 Å². The minimum absolute atomic E-state index is 0. The van der Waals surface area contributed by atoms with Crippen molar-refractivity contribution < 1.29 is 18.4 Å². The van der Waals surface area contributed by atoms with Gasteiger partial charge in [0, 0.05) is 25.8 Å². The molecule has 3 rings (SSSR count). The molecule has 7 nitrogen and oxygen atoms in total. The van der Waals surface area contributed by atoms with E-state index in [4.69, 9.17) is 0 Å². The van der Waals surface area contributed by atoms with E-state index in [9.17, 15) is 18.4 Å². The zero-order valence-corrected chi connectivity index (χ0v) is 15.9. The van der Waals surface area contributed by atoms with E-state index < -0.39 is 23.1 Å². The number of benzene rings is 1. The quantitative estimate of drug-likeness (QED) is 0.628. The first kappa shape index (κ1) is 21.8. The minimum atomic E-state index is -0.931. The average molecular weight is 414 g/mol. The van der Waals surface area contributed by atoms with Gasteiger partial charge in [0.15, 0.2) is 0 Å². The van der Waals surface area contributed by atoms with Gasteiger partial charge in [0.05, 0.1) is 6.04 Å². The summed E-state index contributed by atoms with van der Waals surface area (Å²) in [6.07, 6.45) is 3.85. The monoisotopic (exact) mass is 413 g/mol. The fourth-order valence-electron chi connectivity index (χ4n) is 2.97. The Balaban J connectivity index is 0.00000280. The summed E-state index contributed by atoms with van der Waals surface area (Å²) in [6.45, 7) is 1.96. The van der Waals surface area contributed by atoms with Crippen molar-refractivity contribution in [2.45, 2.75) is 18.9 Å². The van der Waals surface area contributed by atoms with Gasteiger partial charge in [-0.2, -0.15) is 5.10 Å². The van der Waals surface area contributed by atoms with E-state index in [0.29, 0.717) is 0 Å². The van der Waals surface area contributed by atoms with Crippen LogP contribution >= 0.6 is 12.4 Å². The van der Waals surface area contributed by atoms with Gasteiger partial charge in [0.1, 0.15) is 22.9 Å². The van der Waals surface area contributed by atoms with Crippen LogP contribution in [0.15, 0.2) is 30.5 Å². The van der Waals surface area contributed by atoms with E-state index in [0.717, 1.165) is 38.1 Å². The zero-order valence-electron chi connectivity index (χ0n) is 15.1. The smallest absolute Gasteiger partial charge is 0.271 e. The number of aromatic nitrogens is 2. The molecule has 1 aromatic carbocycles. The Bertz CT molecular complexity index is 804. The second kappa shape index (κ2) is 10.1. The molecule has 3 N–H and O–H groups in total. The third-order valence-electron chi connectivity index (χ3n) is 4.37. The van der Waals surface area contributed by atoms with Gasteiger partial charge in [-0.05, 0) is 37.6 Å². The van der Waals surface area contributed by atoms with Gasteiger partial charge >= 0.3 is 0 Å². The van der Waals surface area contributed by atoms with Crippen LogP contribution in [0.25, 0.3) is 0 Å². The molecule has 0 bridgehead atoms. The summed E-state index contributed by atoms with van der Waals surface area (Å²) in [6, 6.07) is 5.08. The van der Waals surface area contributed by atoms with Gasteiger partial charge in [-0.15, -0.1) is 12.4 Å². The van der Waals surface area contributed by atoms with Gasteiger partial charge < -0.3 is 16.0 Å². The summed E-state index contributed by atoms with van der Waals surface area (Å²) in [5.74, 6) is -3.10. The van der Waals surface area contributed by atoms with Crippen LogP contribution in [0.1, 0.15) is 39.7 Å². The predicted octanol–water partition coefficient (Wildman–Crippen LogP) is 1.67. The third-order valence-corrected chi connectivity index (χ3v) is 4.37. The Kier molecular flexibility index (Phi) is 7.89. The number of hydrogen-bond acceptors (Lipinski definition) is 4. The van der Waals surface area contributed by atoms with Crippen molar-refractivity contribution in [1.29, 1.82) is 0 Å². The fourth-order valence-corrected chi connectivity index (χ4v) is 2.97. The van der Waals surface area contributed by atoms with Crippen molar-refractivity contribution in [2.75, 3.05) is 26.2 Å². The lowest BCUT2D eigenvalue weighted by molar-refractivity contribution is 0.0920. The Labute approximate surface area is 167 Å². The van der Waals surface area contributed by atoms with Crippen LogP contribution in [0.3, 0.4) is 0 Å². The number of rotatable bonds is 6. The maximum absolute atomic E-state index is 13.5. The summed E-state index contributed by atoms with van der Waals surface area (Å²) in [4.78, 5) is 24.0. The number of nitrogens with zero attached hydrogens (tertiary/aromatic N) is 2. The Hall–Kier alpha value is -2.52. The standard InChI is InChI=1S/C18H21F2N5O2.ClH/c19-13-4-1-5-14(20)16(13)18(27)23-9-8-22-17(26)15-6-10-25(24-15)12-3-2-7-21-11-12;/h1,4-6,10,12,21H,2-3,7-9,11H2,(H,22,26)(H,23,27);1H. The first-order chi connectivity index (χ1) is 13.1. The highest BCUT2D eigenvalue weighted by Gasteiger charge is 2.18. The van der Waals surface area contributed by atoms with Crippen molar-refractivity contribution in [3.63, 3.8) is 0 Å². The number of halogens is 3. The molecule has 1 unspecified atom stereocenters. The van der Waals surface area contributed by atoms with Crippen molar-refractivity contribution in [1.82, 2.24) is 25.7 Å². The molecule has 10 heteroatoms. The van der Waals surface area contributed by atoms with Crippen LogP contribution in [-0.2, 0) is 0 Å². The molecule has 152 valence electrons. The molecular weight excluding hydrogens is 392 g/mol. The topological polar surface area (TPSA) is 88.0 Å². The Morgan fingerprint density at radius 3 is 2.46 bits per heavy atom. The van der Waals surface area contributed by atoms with E-state index in [-0.39, 0.29) is 43.1 Å². The number of nitrogens with one attached hydrogen (secondary N) is 3. The van der Waals surface area contributed by atoms with Crippen LogP contribution in [-0.4, -0.2) is 47.8 Å². The fraction of sp³-hybridized carbons (Fsp3) is 0.389. The summed E-state index contributed by atoms with van der Waals surface area (Å²) >= 11 is 0. The molecule has 0 saturated carbocycles. The van der Waals surface area contributed by atoms with E-state index >= 15 is 0 Å². The van der Waals surface area contributed by atoms with Gasteiger partial charge in [-0.25, -0.2) is 8.78 Å². The molecule has 1 saturated heterocycles. The molecule has 2 amide bonds. The van der Waals surface area contributed by atoms with Crippen molar-refractivity contribution in [2.24, 2.45) is 0 Å². The lowest BCUT2D eigenvalue weighted by Gasteiger charge is -2.22. The van der Waals surface area contributed by atoms with E-state index in [1.807, 2.05) is 0 Å². The molecule has 0 spiro atoms. The van der Waals surface area contributed by atoms with Crippen molar-refractivity contribution in [3.8, 4) is 0 Å². The summed E-state index contributed by atoms with van der Waals surface area (Å²) in [5.41, 5.74) is -0.351. The molecule has 2 heterocycles. The van der Waals surface area contributed by atoms with Gasteiger partial charge in [0.2, 0.25) is 0 Å². The normalized spacial score (nSPS) is 16.1. The first-order valence-corrected chi connectivity index (χ1v) is 8.82. The zero-order chi connectivity index (χ0) is 19.2. The maximum Gasteiger partial charge on any atom is 0.271 e. The number of piperidine rings is 1. The maximum atomic E-state index is 13.5. The van der Waals surface area contributed by atoms with Gasteiger partial charge in [-0.1, -0.05) is 6.07 Å². The molecule has 1 aliphatic heterocycles. The number of carbonyl (C=O) groups excluding carboxylic acids is 2. The SMILES string of the molecule is Cl.O=C(NCCNC(=O)c1c(F)cccc1F)c1ccn(C2CCCNC2)n1.